The molecule has 0 aliphatic carbocycles. The molecular formula is C28H23N5O4. The van der Waals surface area contributed by atoms with Crippen LogP contribution in [-0.4, -0.2) is 38.8 Å². The van der Waals surface area contributed by atoms with Gasteiger partial charge in [0.2, 0.25) is 5.88 Å². The summed E-state index contributed by atoms with van der Waals surface area (Å²) in [6.07, 6.45) is 5.13. The molecule has 4 aromatic heterocycles. The Labute approximate surface area is 212 Å². The molecule has 0 radical (unpaired) electrons. The SMILES string of the molecule is COc1cc(COc2cccc(-c3cnc(OC)cn3)c2)c2cc(-c3cn4nc(C)ccc4n3)oc2c1. The van der Waals surface area contributed by atoms with E-state index >= 15 is 0 Å². The molecule has 0 amide bonds. The second-order valence-corrected chi connectivity index (χ2v) is 8.47. The summed E-state index contributed by atoms with van der Waals surface area (Å²) >= 11 is 0. The van der Waals surface area contributed by atoms with Crippen molar-refractivity contribution in [2.45, 2.75) is 13.5 Å². The zero-order valence-corrected chi connectivity index (χ0v) is 20.5. The van der Waals surface area contributed by atoms with Crippen molar-refractivity contribution in [2.75, 3.05) is 14.2 Å². The van der Waals surface area contributed by atoms with Crippen LogP contribution in [-0.2, 0) is 6.61 Å². The predicted molar refractivity (Wildman–Crippen MR) is 138 cm³/mol. The van der Waals surface area contributed by atoms with Gasteiger partial charge >= 0.3 is 0 Å². The van der Waals surface area contributed by atoms with Gasteiger partial charge in [-0.25, -0.2) is 19.5 Å². The monoisotopic (exact) mass is 493 g/mol. The Morgan fingerprint density at radius 3 is 2.62 bits per heavy atom. The summed E-state index contributed by atoms with van der Waals surface area (Å²) in [5.74, 6) is 2.50. The lowest BCUT2D eigenvalue weighted by molar-refractivity contribution is 0.307. The Kier molecular flexibility index (Phi) is 5.65. The molecular weight excluding hydrogens is 470 g/mol. The molecule has 0 aliphatic rings. The number of ether oxygens (including phenoxy) is 3. The van der Waals surface area contributed by atoms with Crippen molar-refractivity contribution in [1.82, 2.24) is 24.6 Å². The first-order valence-corrected chi connectivity index (χ1v) is 11.6. The van der Waals surface area contributed by atoms with E-state index in [-0.39, 0.29) is 0 Å². The van der Waals surface area contributed by atoms with E-state index in [1.807, 2.05) is 67.7 Å². The summed E-state index contributed by atoms with van der Waals surface area (Å²) in [6, 6.07) is 17.4. The average molecular weight is 494 g/mol. The molecule has 0 atom stereocenters. The molecule has 0 fully saturated rings. The van der Waals surface area contributed by atoms with Crippen LogP contribution in [0.2, 0.25) is 0 Å². The molecule has 0 bridgehead atoms. The molecule has 4 heterocycles. The van der Waals surface area contributed by atoms with Crippen molar-refractivity contribution in [3.05, 3.63) is 84.4 Å². The summed E-state index contributed by atoms with van der Waals surface area (Å²) < 4.78 is 24.7. The van der Waals surface area contributed by atoms with Crippen molar-refractivity contribution < 1.29 is 18.6 Å². The molecule has 0 N–H and O–H groups in total. The summed E-state index contributed by atoms with van der Waals surface area (Å²) in [4.78, 5) is 13.3. The molecule has 9 heteroatoms. The van der Waals surface area contributed by atoms with Crippen LogP contribution in [0.25, 0.3) is 39.3 Å². The minimum absolute atomic E-state index is 0.316. The van der Waals surface area contributed by atoms with Gasteiger partial charge in [-0.15, -0.1) is 0 Å². The minimum Gasteiger partial charge on any atom is -0.497 e. The number of methoxy groups -OCH3 is 2. The van der Waals surface area contributed by atoms with Crippen LogP contribution in [0.1, 0.15) is 11.3 Å². The third kappa shape index (κ3) is 4.42. The van der Waals surface area contributed by atoms with Gasteiger partial charge in [0.25, 0.3) is 0 Å². The second kappa shape index (κ2) is 9.27. The Bertz CT molecular complexity index is 1720. The fourth-order valence-corrected chi connectivity index (χ4v) is 4.12. The first-order chi connectivity index (χ1) is 18.1. The number of nitrogens with zero attached hydrogens (tertiary/aromatic N) is 5. The Hall–Kier alpha value is -4.92. The van der Waals surface area contributed by atoms with E-state index in [9.17, 15) is 0 Å². The molecule has 37 heavy (non-hydrogen) atoms. The smallest absolute Gasteiger partial charge is 0.232 e. The first kappa shape index (κ1) is 22.5. The summed E-state index contributed by atoms with van der Waals surface area (Å²) in [5.41, 5.74) is 5.61. The third-order valence-corrected chi connectivity index (χ3v) is 6.00. The zero-order chi connectivity index (χ0) is 25.4. The molecule has 0 aliphatic heterocycles. The number of imidazole rings is 1. The van der Waals surface area contributed by atoms with Crippen LogP contribution >= 0.6 is 0 Å². The summed E-state index contributed by atoms with van der Waals surface area (Å²) in [5, 5.41) is 5.40. The highest BCUT2D eigenvalue weighted by molar-refractivity contribution is 5.87. The van der Waals surface area contributed by atoms with Crippen LogP contribution in [0.4, 0.5) is 0 Å². The van der Waals surface area contributed by atoms with Crippen LogP contribution < -0.4 is 14.2 Å². The van der Waals surface area contributed by atoms with Gasteiger partial charge in [-0.2, -0.15) is 5.10 Å². The van der Waals surface area contributed by atoms with E-state index in [1.165, 1.54) is 0 Å². The van der Waals surface area contributed by atoms with Gasteiger partial charge in [0.1, 0.15) is 29.4 Å². The molecule has 6 aromatic rings. The van der Waals surface area contributed by atoms with Crippen LogP contribution in [0.15, 0.2) is 77.6 Å². The molecule has 0 saturated carbocycles. The number of benzene rings is 2. The highest BCUT2D eigenvalue weighted by Crippen LogP contribution is 2.33. The predicted octanol–water partition coefficient (Wildman–Crippen LogP) is 5.50. The molecule has 0 spiro atoms. The topological polar surface area (TPSA) is 96.8 Å². The Morgan fingerprint density at radius 1 is 0.892 bits per heavy atom. The van der Waals surface area contributed by atoms with E-state index in [1.54, 1.807) is 31.1 Å². The lowest BCUT2D eigenvalue weighted by Gasteiger charge is -2.10. The van der Waals surface area contributed by atoms with Crippen molar-refractivity contribution in [1.29, 1.82) is 0 Å². The highest BCUT2D eigenvalue weighted by Gasteiger charge is 2.15. The zero-order valence-electron chi connectivity index (χ0n) is 20.5. The number of furan rings is 1. The van der Waals surface area contributed by atoms with Gasteiger partial charge in [-0.05, 0) is 43.3 Å². The second-order valence-electron chi connectivity index (χ2n) is 8.47. The standard InChI is InChI=1S/C28H23N5O4/c1-17-7-8-27-31-24(15-33(27)32-17)26-12-22-19(10-21(34-2)11-25(22)37-26)16-36-20-6-4-5-18(9-20)23-13-30-28(35-3)14-29-23/h4-15H,16H2,1-3H3. The maximum Gasteiger partial charge on any atom is 0.232 e. The molecule has 2 aromatic carbocycles. The van der Waals surface area contributed by atoms with Gasteiger partial charge < -0.3 is 18.6 Å². The van der Waals surface area contributed by atoms with E-state index in [2.05, 4.69) is 20.1 Å². The van der Waals surface area contributed by atoms with Crippen LogP contribution in [0.3, 0.4) is 0 Å². The number of aryl methyl sites for hydroxylation is 1. The van der Waals surface area contributed by atoms with E-state index in [0.29, 0.717) is 41.0 Å². The molecule has 184 valence electrons. The molecule has 0 unspecified atom stereocenters. The van der Waals surface area contributed by atoms with Gasteiger partial charge in [-0.3, -0.25) is 0 Å². The quantitative estimate of drug-likeness (QED) is 0.287. The Morgan fingerprint density at radius 2 is 1.81 bits per heavy atom. The minimum atomic E-state index is 0.316. The molecule has 9 nitrogen and oxygen atoms in total. The van der Waals surface area contributed by atoms with E-state index in [4.69, 9.17) is 18.6 Å². The van der Waals surface area contributed by atoms with Crippen molar-refractivity contribution in [2.24, 2.45) is 0 Å². The highest BCUT2D eigenvalue weighted by atomic mass is 16.5. The number of hydrogen-bond acceptors (Lipinski definition) is 8. The normalized spacial score (nSPS) is 11.2. The number of hydrogen-bond donors (Lipinski definition) is 0. The van der Waals surface area contributed by atoms with Crippen molar-refractivity contribution in [3.8, 4) is 40.1 Å². The van der Waals surface area contributed by atoms with E-state index < -0.39 is 0 Å². The van der Waals surface area contributed by atoms with Crippen LogP contribution in [0, 0.1) is 6.92 Å². The van der Waals surface area contributed by atoms with Gasteiger partial charge in [0, 0.05) is 22.6 Å². The van der Waals surface area contributed by atoms with E-state index in [0.717, 1.165) is 33.5 Å². The largest absolute Gasteiger partial charge is 0.497 e. The number of fused-ring (bicyclic) bond motifs is 2. The fourth-order valence-electron chi connectivity index (χ4n) is 4.12. The van der Waals surface area contributed by atoms with Gasteiger partial charge in [0.05, 0.1) is 44.2 Å². The van der Waals surface area contributed by atoms with Crippen molar-refractivity contribution >= 4 is 16.6 Å². The maximum absolute atomic E-state index is 6.18. The van der Waals surface area contributed by atoms with Crippen LogP contribution in [0.5, 0.6) is 17.4 Å². The molecule has 6 rings (SSSR count). The first-order valence-electron chi connectivity index (χ1n) is 11.6. The number of aromatic nitrogens is 5. The lowest BCUT2D eigenvalue weighted by Crippen LogP contribution is -1.97. The third-order valence-electron chi connectivity index (χ3n) is 6.00. The summed E-state index contributed by atoms with van der Waals surface area (Å²) in [7, 11) is 3.19. The summed E-state index contributed by atoms with van der Waals surface area (Å²) in [6.45, 7) is 2.26. The fraction of sp³-hybridized carbons (Fsp3) is 0.143. The average Bonchev–Trinajstić information content (AvgIpc) is 3.56. The molecule has 0 saturated heterocycles. The van der Waals surface area contributed by atoms with Gasteiger partial charge in [-0.1, -0.05) is 12.1 Å². The lowest BCUT2D eigenvalue weighted by atomic mass is 10.1. The number of rotatable bonds is 7. The van der Waals surface area contributed by atoms with Crippen molar-refractivity contribution in [3.63, 3.8) is 0 Å². The van der Waals surface area contributed by atoms with Gasteiger partial charge in [0.15, 0.2) is 11.4 Å². The maximum atomic E-state index is 6.18. The Balaban J connectivity index is 1.30.